The summed E-state index contributed by atoms with van der Waals surface area (Å²) in [5.74, 6) is -11.4. The van der Waals surface area contributed by atoms with Gasteiger partial charge in [-0.1, -0.05) is 23.7 Å². The van der Waals surface area contributed by atoms with Gasteiger partial charge in [0.1, 0.15) is 30.4 Å². The first-order valence-electron chi connectivity index (χ1n) is 21.0. The van der Waals surface area contributed by atoms with E-state index in [2.05, 4.69) is 29.8 Å². The van der Waals surface area contributed by atoms with Crippen molar-refractivity contribution in [2.75, 3.05) is 23.6 Å². The molecule has 73 heavy (non-hydrogen) atoms. The highest BCUT2D eigenvalue weighted by Gasteiger charge is 2.68. The number of alkyl halides is 8. The fraction of sp³-hybridized carbons (Fsp3) is 0.439. The van der Waals surface area contributed by atoms with E-state index in [1.807, 2.05) is 0 Å². The summed E-state index contributed by atoms with van der Waals surface area (Å²) in [7, 11) is -14.2. The zero-order valence-corrected chi connectivity index (χ0v) is 41.2. The largest absolute Gasteiger partial charge is 0.472 e. The Hall–Kier alpha value is -5.39. The quantitative estimate of drug-likeness (QED) is 0.0457. The molecule has 2 aromatic carbocycles. The molecule has 2 aliphatic rings. The number of carbonyl (C=O) groups is 2. The smallest absolute Gasteiger partial charge is 0.421 e. The van der Waals surface area contributed by atoms with Gasteiger partial charge in [0.25, 0.3) is 5.92 Å². The SMILES string of the molecule is CC(C)(CCc1ccc(-c2ccc(Cl)c3c(N(C(=O)OCOP(=O)(O)O)S(C)(=O)=O)nn(CC(F)(F)F)c23)c([C@H](Cc2cc(F)cc(F)c2)NC(=O)Cn2nc(C(F)(F)F)c3c2C(F)(F)C2C[C@H]32)n1)S(C)(=O)=O. The van der Waals surface area contributed by atoms with Crippen LogP contribution in [0, 0.1) is 17.6 Å². The molecular formula is C41H39ClF10N7O11PS2. The summed E-state index contributed by atoms with van der Waals surface area (Å²) in [4.78, 5) is 50.2. The second-order valence-electron chi connectivity index (χ2n) is 17.8. The number of amides is 2. The van der Waals surface area contributed by atoms with E-state index in [0.717, 1.165) is 30.5 Å². The number of aromatic nitrogens is 5. The summed E-state index contributed by atoms with van der Waals surface area (Å²) in [5, 5.41) is 8.21. The monoisotopic (exact) mass is 1130 g/mol. The molecule has 0 spiro atoms. The first-order valence-corrected chi connectivity index (χ1v) is 26.7. The number of halogens is 11. The molecule has 2 aliphatic carbocycles. The molecule has 398 valence electrons. The molecule has 18 nitrogen and oxygen atoms in total. The summed E-state index contributed by atoms with van der Waals surface area (Å²) in [6, 6.07) is 4.71. The average Bonchev–Trinajstić information content (AvgIpc) is 3.73. The number of rotatable bonds is 17. The van der Waals surface area contributed by atoms with Crippen molar-refractivity contribution < 1.29 is 93.9 Å². The third-order valence-corrected chi connectivity index (χ3v) is 16.0. The van der Waals surface area contributed by atoms with E-state index in [4.69, 9.17) is 21.4 Å². The van der Waals surface area contributed by atoms with E-state index in [9.17, 15) is 66.1 Å². The van der Waals surface area contributed by atoms with Gasteiger partial charge in [0.05, 0.1) is 38.7 Å². The molecule has 32 heteroatoms. The Morgan fingerprint density at radius 3 is 2.18 bits per heavy atom. The molecule has 1 unspecified atom stereocenters. The van der Waals surface area contributed by atoms with Gasteiger partial charge in [-0.25, -0.2) is 39.5 Å². The van der Waals surface area contributed by atoms with Crippen molar-refractivity contribution in [1.29, 1.82) is 0 Å². The number of nitrogens with one attached hydrogen (secondary N) is 1. The van der Waals surface area contributed by atoms with Gasteiger partial charge in [-0.15, -0.1) is 0 Å². The number of nitrogens with zero attached hydrogens (tertiary/aromatic N) is 6. The van der Waals surface area contributed by atoms with E-state index < -0.39 is 168 Å². The number of sulfone groups is 1. The molecule has 0 saturated heterocycles. The average molecular weight is 1130 g/mol. The fourth-order valence-corrected chi connectivity index (χ4v) is 10.1. The van der Waals surface area contributed by atoms with E-state index in [-0.39, 0.29) is 49.8 Å². The standard InChI is InChI=1S/C41H39ClF10N7O11PS2/c1-38(2,72(3,65)66)10-9-22-5-6-23(24-7-8-27(42)31-33(24)58(17-39(45,46)47)56-36(31)59(73(4,67)68)37(61)69-18-70-71(62,63)64)32(53-22)28(13-19-11-20(43)14-21(44)12-19)54-29(60)16-57-35-30(34(55-57)41(50,51)52)25-15-26(25)40(35,48)49/h5-8,11-12,14,25-26,28H,9-10,13,15-18H2,1-4H3,(H,54,60)(H2,62,63,64)/t25-,26?,28-/m0/s1. The van der Waals surface area contributed by atoms with Gasteiger partial charge < -0.3 is 19.8 Å². The molecular weight excluding hydrogens is 1090 g/mol. The van der Waals surface area contributed by atoms with Crippen LogP contribution in [0.15, 0.2) is 42.5 Å². The highest BCUT2D eigenvalue weighted by Crippen LogP contribution is 2.68. The van der Waals surface area contributed by atoms with Gasteiger partial charge in [0, 0.05) is 40.6 Å². The lowest BCUT2D eigenvalue weighted by molar-refractivity contribution is -0.143. The summed E-state index contributed by atoms with van der Waals surface area (Å²) in [5.41, 5.74) is -5.84. The number of pyridine rings is 1. The lowest BCUT2D eigenvalue weighted by atomic mass is 9.93. The van der Waals surface area contributed by atoms with Gasteiger partial charge in [0.2, 0.25) is 22.7 Å². The van der Waals surface area contributed by atoms with Crippen LogP contribution in [0.4, 0.5) is 54.5 Å². The van der Waals surface area contributed by atoms with Crippen molar-refractivity contribution >= 4 is 68.0 Å². The summed E-state index contributed by atoms with van der Waals surface area (Å²) in [6.45, 7) is -2.24. The van der Waals surface area contributed by atoms with Crippen molar-refractivity contribution in [3.05, 3.63) is 93.0 Å². The number of phosphoric ester groups is 1. The third kappa shape index (κ3) is 11.8. The fourth-order valence-electron chi connectivity index (χ4n) is 8.40. The third-order valence-electron chi connectivity index (χ3n) is 12.0. The van der Waals surface area contributed by atoms with Gasteiger partial charge in [-0.2, -0.15) is 49.6 Å². The van der Waals surface area contributed by atoms with Crippen molar-refractivity contribution in [2.45, 2.75) is 87.6 Å². The van der Waals surface area contributed by atoms with E-state index in [1.54, 1.807) is 0 Å². The van der Waals surface area contributed by atoms with Crippen molar-refractivity contribution in [1.82, 2.24) is 29.9 Å². The Morgan fingerprint density at radius 1 is 0.973 bits per heavy atom. The topological polar surface area (TPSA) is 242 Å². The highest BCUT2D eigenvalue weighted by molar-refractivity contribution is 7.92. The van der Waals surface area contributed by atoms with Crippen LogP contribution in [0.3, 0.4) is 0 Å². The minimum atomic E-state index is -5.36. The first-order chi connectivity index (χ1) is 33.4. The van der Waals surface area contributed by atoms with Crippen LogP contribution in [-0.2, 0) is 76.5 Å². The molecule has 1 saturated carbocycles. The maximum atomic E-state index is 15.6. The Kier molecular flexibility index (Phi) is 14.5. The molecule has 0 bridgehead atoms. The van der Waals surface area contributed by atoms with Crippen molar-refractivity contribution in [3.8, 4) is 11.1 Å². The molecule has 3 atom stereocenters. The van der Waals surface area contributed by atoms with Crippen LogP contribution < -0.4 is 9.62 Å². The summed E-state index contributed by atoms with van der Waals surface area (Å²) < 4.78 is 217. The lowest BCUT2D eigenvalue weighted by Gasteiger charge is -2.25. The molecule has 1 fully saturated rings. The Labute approximate surface area is 411 Å². The molecule has 7 rings (SSSR count). The molecule has 5 aromatic rings. The maximum Gasteiger partial charge on any atom is 0.472 e. The first kappa shape index (κ1) is 55.4. The molecule has 2 amide bonds. The zero-order chi connectivity index (χ0) is 54.3. The van der Waals surface area contributed by atoms with Crippen LogP contribution in [0.25, 0.3) is 22.0 Å². The van der Waals surface area contributed by atoms with Crippen molar-refractivity contribution in [3.63, 3.8) is 0 Å². The van der Waals surface area contributed by atoms with Crippen LogP contribution in [0.2, 0.25) is 5.02 Å². The number of phosphoric acid groups is 1. The van der Waals surface area contributed by atoms with Crippen LogP contribution in [-0.4, -0.2) is 93.4 Å². The predicted octanol–water partition coefficient (Wildman–Crippen LogP) is 7.84. The summed E-state index contributed by atoms with van der Waals surface area (Å²) >= 11 is 6.54. The Morgan fingerprint density at radius 2 is 1.60 bits per heavy atom. The number of fused-ring (bicyclic) bond motifs is 4. The molecule has 3 heterocycles. The second-order valence-corrected chi connectivity index (χ2v) is 23.9. The van der Waals surface area contributed by atoms with Crippen LogP contribution in [0.5, 0.6) is 0 Å². The molecule has 3 N–H and O–H groups in total. The minimum absolute atomic E-state index is 0.00283. The van der Waals surface area contributed by atoms with Gasteiger partial charge in [-0.05, 0) is 75.3 Å². The van der Waals surface area contributed by atoms with E-state index in [1.165, 1.54) is 26.0 Å². The second kappa shape index (κ2) is 19.1. The number of benzene rings is 2. The van der Waals surface area contributed by atoms with Crippen molar-refractivity contribution in [2.24, 2.45) is 5.92 Å². The number of carbonyl (C=O) groups excluding carboxylic acids is 2. The Balaban J connectivity index is 1.45. The van der Waals surface area contributed by atoms with Crippen LogP contribution >= 0.6 is 19.4 Å². The number of aryl methyl sites for hydroxylation is 1. The Bertz CT molecular complexity index is 3310. The number of hydrogen-bond donors (Lipinski definition) is 3. The maximum absolute atomic E-state index is 15.6. The van der Waals surface area contributed by atoms with E-state index in [0.29, 0.717) is 12.3 Å². The highest BCUT2D eigenvalue weighted by atomic mass is 35.5. The van der Waals surface area contributed by atoms with Gasteiger partial charge in [0.15, 0.2) is 21.3 Å². The normalized spacial score (nSPS) is 17.3. The van der Waals surface area contributed by atoms with Crippen LogP contribution in [0.1, 0.15) is 72.6 Å². The molecule has 3 aromatic heterocycles. The van der Waals surface area contributed by atoms with Gasteiger partial charge >= 0.3 is 26.3 Å². The van der Waals surface area contributed by atoms with Gasteiger partial charge in [-0.3, -0.25) is 19.1 Å². The zero-order valence-electron chi connectivity index (χ0n) is 37.9. The summed E-state index contributed by atoms with van der Waals surface area (Å²) in [6.07, 6.45) is -12.5. The number of ether oxygens (including phenoxy) is 1. The van der Waals surface area contributed by atoms with E-state index >= 15 is 8.78 Å². The number of hydrogen-bond acceptors (Lipinski definition) is 12. The lowest BCUT2D eigenvalue weighted by Crippen LogP contribution is -2.37. The molecule has 0 aliphatic heterocycles. The number of sulfonamides is 1. The molecule has 0 radical (unpaired) electrons. The number of anilines is 1. The minimum Gasteiger partial charge on any atom is -0.421 e. The predicted molar refractivity (Wildman–Crippen MR) is 236 cm³/mol.